The Bertz CT molecular complexity index is 1050. The monoisotopic (exact) mass is 440 g/mol. The second kappa shape index (κ2) is 8.73. The van der Waals surface area contributed by atoms with E-state index >= 15 is 0 Å². The number of benzene rings is 2. The van der Waals surface area contributed by atoms with Crippen molar-refractivity contribution in [2.24, 2.45) is 5.92 Å². The number of rotatable bonds is 5. The van der Waals surface area contributed by atoms with Gasteiger partial charge in [-0.2, -0.15) is 0 Å². The van der Waals surface area contributed by atoms with E-state index in [-0.39, 0.29) is 24.3 Å². The first-order valence-corrected chi connectivity index (χ1v) is 10.7. The lowest BCUT2D eigenvalue weighted by Gasteiger charge is -2.34. The molecule has 7 heteroatoms. The van der Waals surface area contributed by atoms with E-state index < -0.39 is 0 Å². The molecule has 2 heterocycles. The quantitative estimate of drug-likeness (QED) is 0.719. The molecule has 2 aromatic rings. The first kappa shape index (κ1) is 21.4. The third-order valence-corrected chi connectivity index (χ3v) is 6.17. The predicted octanol–water partition coefficient (Wildman–Crippen LogP) is 3.65. The molecule has 1 atom stereocenters. The lowest BCUT2D eigenvalue weighted by Crippen LogP contribution is -2.40. The Labute approximate surface area is 186 Å². The highest BCUT2D eigenvalue weighted by Gasteiger charge is 2.43. The lowest BCUT2D eigenvalue weighted by molar-refractivity contribution is -0.120. The number of aliphatic hydroxyl groups excluding tert-OH is 1. The summed E-state index contributed by atoms with van der Waals surface area (Å²) in [5.41, 5.74) is 2.70. The molecule has 2 aliphatic heterocycles. The molecule has 6 nitrogen and oxygen atoms in total. The Morgan fingerprint density at radius 1 is 1.13 bits per heavy atom. The number of aryl methyl sites for hydroxylation is 1. The number of aliphatic hydroxyl groups is 1. The molecule has 0 radical (unpaired) electrons. The van der Waals surface area contributed by atoms with Gasteiger partial charge in [0.15, 0.2) is 0 Å². The van der Waals surface area contributed by atoms with Crippen LogP contribution in [0.5, 0.6) is 5.75 Å². The van der Waals surface area contributed by atoms with Crippen LogP contribution in [-0.4, -0.2) is 48.6 Å². The molecule has 1 saturated heterocycles. The summed E-state index contributed by atoms with van der Waals surface area (Å²) in [6.45, 7) is 3.09. The van der Waals surface area contributed by atoms with Crippen LogP contribution in [-0.2, 0) is 9.59 Å². The van der Waals surface area contributed by atoms with Crippen molar-refractivity contribution < 1.29 is 19.4 Å². The number of amides is 2. The number of anilines is 1. The highest BCUT2D eigenvalue weighted by molar-refractivity contribution is 6.45. The van der Waals surface area contributed by atoms with E-state index in [0.717, 1.165) is 18.4 Å². The first-order chi connectivity index (χ1) is 14.9. The van der Waals surface area contributed by atoms with Gasteiger partial charge in [0, 0.05) is 24.7 Å². The maximum Gasteiger partial charge on any atom is 0.282 e. The van der Waals surface area contributed by atoms with Gasteiger partial charge >= 0.3 is 0 Å². The van der Waals surface area contributed by atoms with E-state index in [0.29, 0.717) is 46.4 Å². The minimum Gasteiger partial charge on any atom is -0.497 e. The number of likely N-dealkylation sites (tertiary alicyclic amines) is 1. The molecule has 1 fully saturated rings. The zero-order valence-corrected chi connectivity index (χ0v) is 18.4. The molecule has 0 spiro atoms. The number of carbonyl (C=O) groups excluding carboxylic acids is 2. The van der Waals surface area contributed by atoms with E-state index in [9.17, 15) is 14.7 Å². The number of halogens is 1. The predicted molar refractivity (Wildman–Crippen MR) is 120 cm³/mol. The average Bonchev–Trinajstić information content (AvgIpc) is 3.04. The standard InChI is InChI=1S/C24H25ClN2O4/c1-15-12-18(25)7-10-20(15)27-23(29)21(17-5-8-19(31-2)9-6-17)22(24(27)30)26-11-3-4-16(13-26)14-28/h5-10,12,16,28H,3-4,11,13-14H2,1-2H3. The Morgan fingerprint density at radius 2 is 1.87 bits per heavy atom. The van der Waals surface area contributed by atoms with Gasteiger partial charge in [-0.1, -0.05) is 23.7 Å². The van der Waals surface area contributed by atoms with Crippen LogP contribution in [0.4, 0.5) is 5.69 Å². The van der Waals surface area contributed by atoms with Gasteiger partial charge < -0.3 is 14.7 Å². The Hall–Kier alpha value is -2.83. The van der Waals surface area contributed by atoms with Crippen LogP contribution in [0.2, 0.25) is 5.02 Å². The number of ether oxygens (including phenoxy) is 1. The molecule has 2 amide bonds. The van der Waals surface area contributed by atoms with E-state index in [2.05, 4.69) is 0 Å². The molecule has 0 aliphatic carbocycles. The maximum absolute atomic E-state index is 13.6. The van der Waals surface area contributed by atoms with Crippen LogP contribution in [0, 0.1) is 12.8 Å². The summed E-state index contributed by atoms with van der Waals surface area (Å²) < 4.78 is 5.24. The molecular weight excluding hydrogens is 416 g/mol. The lowest BCUT2D eigenvalue weighted by atomic mass is 9.97. The second-order valence-electron chi connectivity index (χ2n) is 7.97. The van der Waals surface area contributed by atoms with Crippen molar-refractivity contribution in [2.45, 2.75) is 19.8 Å². The molecule has 4 rings (SSSR count). The van der Waals surface area contributed by atoms with Crippen molar-refractivity contribution in [2.75, 3.05) is 31.7 Å². The summed E-state index contributed by atoms with van der Waals surface area (Å²) in [5, 5.41) is 10.2. The van der Waals surface area contributed by atoms with E-state index in [1.165, 1.54) is 4.90 Å². The van der Waals surface area contributed by atoms with Gasteiger partial charge in [-0.05, 0) is 67.1 Å². The van der Waals surface area contributed by atoms with Gasteiger partial charge in [-0.3, -0.25) is 9.59 Å². The van der Waals surface area contributed by atoms with Crippen LogP contribution in [0.15, 0.2) is 48.2 Å². The molecule has 162 valence electrons. The minimum atomic E-state index is -0.360. The zero-order valence-electron chi connectivity index (χ0n) is 17.6. The molecular formula is C24H25ClN2O4. The second-order valence-corrected chi connectivity index (χ2v) is 8.40. The van der Waals surface area contributed by atoms with Gasteiger partial charge in [-0.25, -0.2) is 4.90 Å². The zero-order chi connectivity index (χ0) is 22.1. The molecule has 0 aromatic heterocycles. The van der Waals surface area contributed by atoms with Crippen LogP contribution >= 0.6 is 11.6 Å². The first-order valence-electron chi connectivity index (χ1n) is 10.3. The van der Waals surface area contributed by atoms with Gasteiger partial charge in [0.2, 0.25) is 0 Å². The third-order valence-electron chi connectivity index (χ3n) is 5.93. The molecule has 2 aromatic carbocycles. The Balaban J connectivity index is 1.82. The van der Waals surface area contributed by atoms with Crippen molar-refractivity contribution in [3.8, 4) is 5.75 Å². The minimum absolute atomic E-state index is 0.0593. The molecule has 1 N–H and O–H groups in total. The Kier molecular flexibility index (Phi) is 6.03. The fourth-order valence-electron chi connectivity index (χ4n) is 4.34. The molecule has 1 unspecified atom stereocenters. The van der Waals surface area contributed by atoms with Crippen molar-refractivity contribution in [1.29, 1.82) is 0 Å². The number of hydrogen-bond donors (Lipinski definition) is 1. The summed E-state index contributed by atoms with van der Waals surface area (Å²) in [6, 6.07) is 12.3. The summed E-state index contributed by atoms with van der Waals surface area (Å²) in [6.07, 6.45) is 1.76. The molecule has 0 saturated carbocycles. The fraction of sp³-hybridized carbons (Fsp3) is 0.333. The van der Waals surface area contributed by atoms with Gasteiger partial charge in [-0.15, -0.1) is 0 Å². The topological polar surface area (TPSA) is 70.1 Å². The average molecular weight is 441 g/mol. The van der Waals surface area contributed by atoms with Crippen LogP contribution in [0.25, 0.3) is 5.57 Å². The van der Waals surface area contributed by atoms with Crippen molar-refractivity contribution in [3.05, 3.63) is 64.3 Å². The summed E-state index contributed by atoms with van der Waals surface area (Å²) in [7, 11) is 1.58. The number of piperidine rings is 1. The summed E-state index contributed by atoms with van der Waals surface area (Å²) >= 11 is 6.09. The molecule has 0 bridgehead atoms. The number of imide groups is 1. The number of nitrogens with zero attached hydrogens (tertiary/aromatic N) is 2. The number of hydrogen-bond acceptors (Lipinski definition) is 5. The van der Waals surface area contributed by atoms with Crippen molar-refractivity contribution in [3.63, 3.8) is 0 Å². The van der Waals surface area contributed by atoms with E-state index in [1.807, 2.05) is 11.8 Å². The summed E-state index contributed by atoms with van der Waals surface area (Å²) in [4.78, 5) is 30.5. The maximum atomic E-state index is 13.6. The molecule has 31 heavy (non-hydrogen) atoms. The van der Waals surface area contributed by atoms with Gasteiger partial charge in [0.1, 0.15) is 11.4 Å². The van der Waals surface area contributed by atoms with Crippen LogP contribution in [0.3, 0.4) is 0 Å². The number of carbonyl (C=O) groups is 2. The molecule has 2 aliphatic rings. The van der Waals surface area contributed by atoms with Crippen LogP contribution in [0.1, 0.15) is 24.0 Å². The highest BCUT2D eigenvalue weighted by Crippen LogP contribution is 2.38. The van der Waals surface area contributed by atoms with Gasteiger partial charge in [0.25, 0.3) is 11.8 Å². The van der Waals surface area contributed by atoms with E-state index in [1.54, 1.807) is 49.6 Å². The largest absolute Gasteiger partial charge is 0.497 e. The Morgan fingerprint density at radius 3 is 2.52 bits per heavy atom. The normalized spacial score (nSPS) is 19.4. The van der Waals surface area contributed by atoms with Crippen LogP contribution < -0.4 is 9.64 Å². The highest BCUT2D eigenvalue weighted by atomic mass is 35.5. The smallest absolute Gasteiger partial charge is 0.282 e. The van der Waals surface area contributed by atoms with Crippen molar-refractivity contribution in [1.82, 2.24) is 4.90 Å². The van der Waals surface area contributed by atoms with Gasteiger partial charge in [0.05, 0.1) is 18.4 Å². The SMILES string of the molecule is COc1ccc(C2=C(N3CCCC(CO)C3)C(=O)N(c3ccc(Cl)cc3C)C2=O)cc1. The number of methoxy groups -OCH3 is 1. The third kappa shape index (κ3) is 3.93. The van der Waals surface area contributed by atoms with Crippen molar-refractivity contribution >= 4 is 34.7 Å². The van der Waals surface area contributed by atoms with E-state index in [4.69, 9.17) is 16.3 Å². The summed E-state index contributed by atoms with van der Waals surface area (Å²) in [5.74, 6) is 0.0421. The fourth-order valence-corrected chi connectivity index (χ4v) is 4.56.